The van der Waals surface area contributed by atoms with E-state index >= 15 is 0 Å². The van der Waals surface area contributed by atoms with Gasteiger partial charge >= 0.3 is 5.69 Å². The van der Waals surface area contributed by atoms with Gasteiger partial charge in [0.1, 0.15) is 6.33 Å². The lowest BCUT2D eigenvalue weighted by Crippen LogP contribution is -2.36. The molecule has 3 rings (SSSR count). The van der Waals surface area contributed by atoms with Crippen molar-refractivity contribution < 1.29 is 18.1 Å². The summed E-state index contributed by atoms with van der Waals surface area (Å²) in [6.45, 7) is 4.64. The summed E-state index contributed by atoms with van der Waals surface area (Å²) in [7, 11) is -3.32. The average Bonchev–Trinajstić information content (AvgIpc) is 2.72. The van der Waals surface area contributed by atoms with Crippen molar-refractivity contribution >= 4 is 32.8 Å². The van der Waals surface area contributed by atoms with E-state index < -0.39 is 14.8 Å². The molecule has 0 radical (unpaired) electrons. The van der Waals surface area contributed by atoms with Gasteiger partial charge in [-0.1, -0.05) is 0 Å². The Kier molecular flexibility index (Phi) is 6.83. The third kappa shape index (κ3) is 5.22. The van der Waals surface area contributed by atoms with Crippen molar-refractivity contribution in [3.63, 3.8) is 0 Å². The number of nitro groups is 1. The molecule has 10 nitrogen and oxygen atoms in total. The number of hydrogen-bond donors (Lipinski definition) is 1. The zero-order valence-electron chi connectivity index (χ0n) is 16.9. The lowest BCUT2D eigenvalue weighted by atomic mass is 9.98. The Labute approximate surface area is 175 Å². The Hall–Kier alpha value is -2.79. The van der Waals surface area contributed by atoms with Crippen LogP contribution in [0.5, 0.6) is 0 Å². The number of sulfone groups is 1. The number of ether oxygens (including phenoxy) is 1. The van der Waals surface area contributed by atoms with Gasteiger partial charge in [-0.25, -0.2) is 18.4 Å². The average molecular weight is 436 g/mol. The predicted octanol–water partition coefficient (Wildman–Crippen LogP) is 2.78. The van der Waals surface area contributed by atoms with E-state index in [1.807, 2.05) is 11.8 Å². The summed E-state index contributed by atoms with van der Waals surface area (Å²) in [5.74, 6) is 0.779. The number of nitrogens with one attached hydrogen (secondary N) is 1. The fourth-order valence-electron chi connectivity index (χ4n) is 3.38. The molecule has 1 aliphatic heterocycles. The molecular weight excluding hydrogens is 410 g/mol. The van der Waals surface area contributed by atoms with E-state index in [0.29, 0.717) is 37.9 Å². The first-order chi connectivity index (χ1) is 14.3. The second-order valence-electron chi connectivity index (χ2n) is 7.16. The molecule has 0 saturated carbocycles. The molecule has 1 saturated heterocycles. The van der Waals surface area contributed by atoms with Crippen LogP contribution in [0.15, 0.2) is 35.5 Å². The van der Waals surface area contributed by atoms with Gasteiger partial charge in [0.25, 0.3) is 0 Å². The Bertz CT molecular complexity index is 989. The highest BCUT2D eigenvalue weighted by atomic mass is 32.2. The summed E-state index contributed by atoms with van der Waals surface area (Å²) in [6.07, 6.45) is 4.16. The van der Waals surface area contributed by atoms with Crippen LogP contribution in [-0.2, 0) is 14.6 Å². The molecule has 0 spiro atoms. The quantitative estimate of drug-likeness (QED) is 0.491. The molecule has 1 fully saturated rings. The van der Waals surface area contributed by atoms with E-state index in [9.17, 15) is 18.5 Å². The number of nitrogens with zero attached hydrogens (tertiary/aromatic N) is 4. The van der Waals surface area contributed by atoms with E-state index in [0.717, 1.165) is 19.1 Å². The van der Waals surface area contributed by atoms with Crippen LogP contribution in [0, 0.1) is 16.0 Å². The molecule has 1 aromatic heterocycles. The maximum absolute atomic E-state index is 11.8. The normalized spacial score (nSPS) is 15.2. The number of aromatic nitrogens is 2. The first kappa shape index (κ1) is 21.9. The zero-order chi connectivity index (χ0) is 21.7. The number of hydrogen-bond acceptors (Lipinski definition) is 9. The topological polar surface area (TPSA) is 128 Å². The Morgan fingerprint density at radius 3 is 2.47 bits per heavy atom. The third-order valence-electron chi connectivity index (χ3n) is 5.00. The number of anilines is 3. The van der Waals surface area contributed by atoms with Crippen LogP contribution < -0.4 is 10.2 Å². The van der Waals surface area contributed by atoms with E-state index in [1.165, 1.54) is 18.5 Å². The standard InChI is InChI=1S/C19H25N5O5S/c1-3-29-12-14-8-10-23(11-9-14)19-17(24(25)26)18(20-13-21-19)22-15-4-6-16(7-5-15)30(2,27)28/h4-7,13-14H,3,8-12H2,1-2H3,(H,20,21,22). The van der Waals surface area contributed by atoms with E-state index in [-0.39, 0.29) is 22.2 Å². The fourth-order valence-corrected chi connectivity index (χ4v) is 4.01. The Morgan fingerprint density at radius 2 is 1.90 bits per heavy atom. The largest absolute Gasteiger partial charge is 0.381 e. The van der Waals surface area contributed by atoms with Gasteiger partial charge in [0, 0.05) is 38.2 Å². The minimum atomic E-state index is -3.32. The van der Waals surface area contributed by atoms with Gasteiger partial charge in [-0.3, -0.25) is 10.1 Å². The lowest BCUT2D eigenvalue weighted by Gasteiger charge is -2.32. The van der Waals surface area contributed by atoms with Crippen molar-refractivity contribution in [2.45, 2.75) is 24.7 Å². The first-order valence-electron chi connectivity index (χ1n) is 9.68. The number of rotatable bonds is 8. The van der Waals surface area contributed by atoms with Crippen molar-refractivity contribution in [3.8, 4) is 0 Å². The molecule has 30 heavy (non-hydrogen) atoms. The lowest BCUT2D eigenvalue weighted by molar-refractivity contribution is -0.383. The minimum absolute atomic E-state index is 0.0635. The van der Waals surface area contributed by atoms with Crippen molar-refractivity contribution in [2.75, 3.05) is 42.8 Å². The van der Waals surface area contributed by atoms with Crippen molar-refractivity contribution in [2.24, 2.45) is 5.92 Å². The van der Waals surface area contributed by atoms with Crippen LogP contribution in [0.3, 0.4) is 0 Å². The van der Waals surface area contributed by atoms with E-state index in [1.54, 1.807) is 12.1 Å². The number of benzene rings is 1. The maximum atomic E-state index is 11.8. The minimum Gasteiger partial charge on any atom is -0.381 e. The van der Waals surface area contributed by atoms with Crippen LogP contribution in [0.25, 0.3) is 0 Å². The molecule has 1 aromatic carbocycles. The summed E-state index contributed by atoms with van der Waals surface area (Å²) >= 11 is 0. The number of piperidine rings is 1. The molecule has 0 aliphatic carbocycles. The van der Waals surface area contributed by atoms with Gasteiger partial charge in [-0.15, -0.1) is 0 Å². The molecule has 11 heteroatoms. The molecule has 2 heterocycles. The van der Waals surface area contributed by atoms with Crippen LogP contribution >= 0.6 is 0 Å². The molecule has 0 unspecified atom stereocenters. The summed E-state index contributed by atoms with van der Waals surface area (Å²) in [4.78, 5) is 21.6. The van der Waals surface area contributed by atoms with Crippen molar-refractivity contribution in [1.29, 1.82) is 0 Å². The van der Waals surface area contributed by atoms with Gasteiger partial charge in [0.05, 0.1) is 9.82 Å². The molecule has 2 aromatic rings. The molecular formula is C19H25N5O5S. The molecule has 0 bridgehead atoms. The van der Waals surface area contributed by atoms with Crippen LogP contribution in [0.1, 0.15) is 19.8 Å². The SMILES string of the molecule is CCOCC1CCN(c2ncnc(Nc3ccc(S(C)(=O)=O)cc3)c2[N+](=O)[O-])CC1. The first-order valence-corrected chi connectivity index (χ1v) is 11.6. The zero-order valence-corrected chi connectivity index (χ0v) is 17.8. The third-order valence-corrected chi connectivity index (χ3v) is 6.13. The Balaban J connectivity index is 1.81. The van der Waals surface area contributed by atoms with E-state index in [4.69, 9.17) is 4.74 Å². The highest BCUT2D eigenvalue weighted by Crippen LogP contribution is 2.35. The molecule has 0 atom stereocenters. The highest BCUT2D eigenvalue weighted by Gasteiger charge is 2.30. The molecule has 1 aliphatic rings. The molecule has 1 N–H and O–H groups in total. The molecule has 162 valence electrons. The summed E-state index contributed by atoms with van der Waals surface area (Å²) in [5, 5.41) is 14.7. The van der Waals surface area contributed by atoms with Crippen molar-refractivity contribution in [1.82, 2.24) is 9.97 Å². The van der Waals surface area contributed by atoms with Crippen LogP contribution in [0.4, 0.5) is 23.0 Å². The summed E-state index contributed by atoms with van der Waals surface area (Å²) in [5.41, 5.74) is 0.290. The van der Waals surface area contributed by atoms with Gasteiger partial charge in [-0.2, -0.15) is 0 Å². The van der Waals surface area contributed by atoms with Crippen molar-refractivity contribution in [3.05, 3.63) is 40.7 Å². The fraction of sp³-hybridized carbons (Fsp3) is 0.474. The second-order valence-corrected chi connectivity index (χ2v) is 9.18. The van der Waals surface area contributed by atoms with Crippen LogP contribution in [-0.4, -0.2) is 55.9 Å². The second kappa shape index (κ2) is 9.35. The van der Waals surface area contributed by atoms with Gasteiger partial charge in [0.2, 0.25) is 11.6 Å². The molecule has 0 amide bonds. The van der Waals surface area contributed by atoms with E-state index in [2.05, 4.69) is 15.3 Å². The predicted molar refractivity (Wildman–Crippen MR) is 113 cm³/mol. The highest BCUT2D eigenvalue weighted by molar-refractivity contribution is 7.90. The van der Waals surface area contributed by atoms with Crippen LogP contribution in [0.2, 0.25) is 0 Å². The summed E-state index contributed by atoms with van der Waals surface area (Å²) in [6, 6.07) is 5.96. The van der Waals surface area contributed by atoms with Gasteiger partial charge in [-0.05, 0) is 49.9 Å². The monoisotopic (exact) mass is 435 g/mol. The Morgan fingerprint density at radius 1 is 1.23 bits per heavy atom. The maximum Gasteiger partial charge on any atom is 0.353 e. The summed E-state index contributed by atoms with van der Waals surface area (Å²) < 4.78 is 28.7. The van der Waals surface area contributed by atoms with Gasteiger partial charge in [0.15, 0.2) is 9.84 Å². The van der Waals surface area contributed by atoms with Gasteiger partial charge < -0.3 is 15.0 Å². The smallest absolute Gasteiger partial charge is 0.353 e.